The molecule has 0 heterocycles. The van der Waals surface area contributed by atoms with Crippen LogP contribution in [0.3, 0.4) is 0 Å². The minimum atomic E-state index is -4.33. The summed E-state index contributed by atoms with van der Waals surface area (Å²) in [6, 6.07) is 14.9. The van der Waals surface area contributed by atoms with E-state index in [0.717, 1.165) is 11.5 Å². The summed E-state index contributed by atoms with van der Waals surface area (Å²) in [5.41, 5.74) is 2.36. The summed E-state index contributed by atoms with van der Waals surface area (Å²) in [6.07, 6.45) is -2.03. The lowest BCUT2D eigenvalue weighted by molar-refractivity contribution is -0.137. The molecule has 0 saturated heterocycles. The molecule has 0 aliphatic carbocycles. The van der Waals surface area contributed by atoms with E-state index in [2.05, 4.69) is 0 Å². The van der Waals surface area contributed by atoms with Gasteiger partial charge in [0.15, 0.2) is 0 Å². The lowest BCUT2D eigenvalue weighted by Gasteiger charge is -2.15. The molecule has 0 saturated carbocycles. The summed E-state index contributed by atoms with van der Waals surface area (Å²) < 4.78 is 38.6. The molecule has 0 atom stereocenters. The third-order valence-corrected chi connectivity index (χ3v) is 3.46. The van der Waals surface area contributed by atoms with Gasteiger partial charge in [-0.25, -0.2) is 0 Å². The standard InChI is InChI=1S/C16H13BClF3/c18-11-5-10-17(14-7-2-1-3-8-14)15-9-4-6-13(12-15)16(19,20)21/h1-9,11-12H,10H2. The van der Waals surface area contributed by atoms with E-state index in [1.54, 1.807) is 12.1 Å². The van der Waals surface area contributed by atoms with Crippen molar-refractivity contribution in [2.45, 2.75) is 12.5 Å². The third-order valence-electron chi connectivity index (χ3n) is 3.28. The second-order valence-electron chi connectivity index (χ2n) is 4.68. The second-order valence-corrected chi connectivity index (χ2v) is 4.94. The molecule has 0 aromatic heterocycles. The second kappa shape index (κ2) is 6.86. The van der Waals surface area contributed by atoms with E-state index in [0.29, 0.717) is 11.8 Å². The van der Waals surface area contributed by atoms with Crippen LogP contribution < -0.4 is 10.9 Å². The number of alkyl halides is 3. The van der Waals surface area contributed by atoms with E-state index in [9.17, 15) is 13.2 Å². The number of benzene rings is 2. The highest BCUT2D eigenvalue weighted by molar-refractivity contribution is 6.85. The first-order chi connectivity index (χ1) is 10.0. The third kappa shape index (κ3) is 4.15. The maximum absolute atomic E-state index is 12.9. The molecular formula is C16H13BClF3. The van der Waals surface area contributed by atoms with Crippen LogP contribution in [-0.4, -0.2) is 6.71 Å². The number of halogens is 4. The summed E-state index contributed by atoms with van der Waals surface area (Å²) in [5.74, 6) is 0. The summed E-state index contributed by atoms with van der Waals surface area (Å²) in [7, 11) is 0. The van der Waals surface area contributed by atoms with Crippen LogP contribution in [0.2, 0.25) is 6.32 Å². The fourth-order valence-electron chi connectivity index (χ4n) is 2.27. The van der Waals surface area contributed by atoms with Crippen molar-refractivity contribution in [3.8, 4) is 0 Å². The molecular weight excluding hydrogens is 295 g/mol. The van der Waals surface area contributed by atoms with Gasteiger partial charge in [-0.2, -0.15) is 13.2 Å². The van der Waals surface area contributed by atoms with Gasteiger partial charge >= 0.3 is 6.18 Å². The number of allylic oxidation sites excluding steroid dienone is 1. The molecule has 0 fully saturated rings. The SMILES string of the molecule is FC(F)(F)c1cccc(B(CC=CCl)c2ccccc2)c1. The lowest BCUT2D eigenvalue weighted by atomic mass is 9.38. The summed E-state index contributed by atoms with van der Waals surface area (Å²) in [4.78, 5) is 0. The van der Waals surface area contributed by atoms with Gasteiger partial charge in [-0.15, -0.1) is 0 Å². The molecule has 0 radical (unpaired) electrons. The molecule has 0 aliphatic rings. The summed E-state index contributed by atoms with van der Waals surface area (Å²) >= 11 is 5.56. The van der Waals surface area contributed by atoms with Crippen molar-refractivity contribution >= 4 is 29.2 Å². The molecule has 0 nitrogen and oxygen atoms in total. The molecule has 0 N–H and O–H groups in total. The van der Waals surface area contributed by atoms with E-state index in [4.69, 9.17) is 11.6 Å². The van der Waals surface area contributed by atoms with Crippen molar-refractivity contribution in [3.05, 3.63) is 71.8 Å². The Labute approximate surface area is 127 Å². The molecule has 2 aromatic rings. The van der Waals surface area contributed by atoms with E-state index in [1.807, 2.05) is 30.3 Å². The zero-order valence-electron chi connectivity index (χ0n) is 11.1. The van der Waals surface area contributed by atoms with Crippen LogP contribution in [0.15, 0.2) is 66.2 Å². The topological polar surface area (TPSA) is 0 Å². The van der Waals surface area contributed by atoms with Gasteiger partial charge in [0.05, 0.1) is 5.56 Å². The Balaban J connectivity index is 2.42. The minimum absolute atomic E-state index is 0.150. The number of hydrogen-bond donors (Lipinski definition) is 0. The minimum Gasteiger partial charge on any atom is -0.166 e. The maximum Gasteiger partial charge on any atom is 0.416 e. The van der Waals surface area contributed by atoms with Gasteiger partial charge in [0, 0.05) is 0 Å². The van der Waals surface area contributed by atoms with E-state index < -0.39 is 11.7 Å². The van der Waals surface area contributed by atoms with Crippen LogP contribution in [0.4, 0.5) is 13.2 Å². The van der Waals surface area contributed by atoms with Gasteiger partial charge in [0.25, 0.3) is 0 Å². The molecule has 0 bridgehead atoms. The number of rotatable bonds is 4. The fraction of sp³-hybridized carbons (Fsp3) is 0.125. The molecule has 2 rings (SSSR count). The average Bonchev–Trinajstić information content (AvgIpc) is 2.48. The maximum atomic E-state index is 12.9. The predicted octanol–water partition coefficient (Wildman–Crippen LogP) is 4.07. The molecule has 0 spiro atoms. The molecule has 0 aliphatic heterocycles. The molecule has 5 heteroatoms. The van der Waals surface area contributed by atoms with Crippen LogP contribution in [0.1, 0.15) is 5.56 Å². The molecule has 0 amide bonds. The van der Waals surface area contributed by atoms with Crippen molar-refractivity contribution in [2.75, 3.05) is 0 Å². The molecule has 0 unspecified atom stereocenters. The smallest absolute Gasteiger partial charge is 0.166 e. The highest BCUT2D eigenvalue weighted by atomic mass is 35.5. The first-order valence-electron chi connectivity index (χ1n) is 6.49. The van der Waals surface area contributed by atoms with Crippen molar-refractivity contribution in [1.82, 2.24) is 0 Å². The van der Waals surface area contributed by atoms with Gasteiger partial charge in [-0.05, 0) is 11.9 Å². The van der Waals surface area contributed by atoms with Gasteiger partial charge in [-0.3, -0.25) is 0 Å². The van der Waals surface area contributed by atoms with Crippen LogP contribution >= 0.6 is 11.6 Å². The van der Waals surface area contributed by atoms with E-state index >= 15 is 0 Å². The van der Waals surface area contributed by atoms with Crippen LogP contribution in [0, 0.1) is 0 Å². The Morgan fingerprint density at radius 2 is 1.62 bits per heavy atom. The Morgan fingerprint density at radius 3 is 2.24 bits per heavy atom. The first-order valence-corrected chi connectivity index (χ1v) is 6.93. The first kappa shape index (κ1) is 15.7. The van der Waals surface area contributed by atoms with Crippen LogP contribution in [0.25, 0.3) is 0 Å². The quantitative estimate of drug-likeness (QED) is 0.747. The highest BCUT2D eigenvalue weighted by Gasteiger charge is 2.31. The van der Waals surface area contributed by atoms with Crippen molar-refractivity contribution in [1.29, 1.82) is 0 Å². The monoisotopic (exact) mass is 308 g/mol. The zero-order chi connectivity index (χ0) is 15.3. The zero-order valence-corrected chi connectivity index (χ0v) is 11.9. The normalized spacial score (nSPS) is 11.8. The molecule has 108 valence electrons. The van der Waals surface area contributed by atoms with Gasteiger partial charge in [-0.1, -0.05) is 83.2 Å². The highest BCUT2D eigenvalue weighted by Crippen LogP contribution is 2.28. The van der Waals surface area contributed by atoms with Crippen LogP contribution in [0.5, 0.6) is 0 Å². The fourth-order valence-corrected chi connectivity index (χ4v) is 2.37. The van der Waals surface area contributed by atoms with Gasteiger partial charge < -0.3 is 0 Å². The Kier molecular flexibility index (Phi) is 5.13. The van der Waals surface area contributed by atoms with Crippen molar-refractivity contribution < 1.29 is 13.2 Å². The van der Waals surface area contributed by atoms with Crippen molar-refractivity contribution in [2.24, 2.45) is 0 Å². The molecule has 2 aromatic carbocycles. The van der Waals surface area contributed by atoms with Gasteiger partial charge in [0.2, 0.25) is 6.71 Å². The van der Waals surface area contributed by atoms with Crippen LogP contribution in [-0.2, 0) is 6.18 Å². The largest absolute Gasteiger partial charge is 0.416 e. The molecule has 21 heavy (non-hydrogen) atoms. The Morgan fingerprint density at radius 1 is 0.952 bits per heavy atom. The predicted molar refractivity (Wildman–Crippen MR) is 82.7 cm³/mol. The summed E-state index contributed by atoms with van der Waals surface area (Å²) in [6.45, 7) is -0.150. The van der Waals surface area contributed by atoms with Gasteiger partial charge in [0.1, 0.15) is 0 Å². The number of hydrogen-bond acceptors (Lipinski definition) is 0. The van der Waals surface area contributed by atoms with Crippen molar-refractivity contribution in [3.63, 3.8) is 0 Å². The van der Waals surface area contributed by atoms with E-state index in [-0.39, 0.29) is 6.71 Å². The Hall–Kier alpha value is -1.68. The lowest BCUT2D eigenvalue weighted by Crippen LogP contribution is -2.41. The van der Waals surface area contributed by atoms with E-state index in [1.165, 1.54) is 17.7 Å². The summed E-state index contributed by atoms with van der Waals surface area (Å²) in [5, 5.41) is 0. The average molecular weight is 309 g/mol. The Bertz CT molecular complexity index is 608.